The lowest BCUT2D eigenvalue weighted by Crippen LogP contribution is -2.37. The van der Waals surface area contributed by atoms with Crippen LogP contribution < -0.4 is 11.1 Å². The van der Waals surface area contributed by atoms with Crippen LogP contribution in [-0.2, 0) is 0 Å². The lowest BCUT2D eigenvalue weighted by atomic mass is 10.2. The highest BCUT2D eigenvalue weighted by molar-refractivity contribution is 9.10. The van der Waals surface area contributed by atoms with Crippen LogP contribution >= 0.6 is 15.9 Å². The monoisotopic (exact) mass is 272 g/mol. The molecule has 0 bridgehead atoms. The molecule has 1 amide bonds. The Balaban J connectivity index is 2.78. The Kier molecular flexibility index (Phi) is 4.11. The highest BCUT2D eigenvalue weighted by atomic mass is 79.9. The van der Waals surface area contributed by atoms with Crippen molar-refractivity contribution in [1.29, 1.82) is 0 Å². The van der Waals surface area contributed by atoms with E-state index in [1.54, 1.807) is 12.1 Å². The minimum absolute atomic E-state index is 0.0445. The first kappa shape index (κ1) is 12.0. The van der Waals surface area contributed by atoms with E-state index in [0.29, 0.717) is 16.6 Å². The zero-order chi connectivity index (χ0) is 11.4. The van der Waals surface area contributed by atoms with E-state index in [0.717, 1.165) is 0 Å². The van der Waals surface area contributed by atoms with Gasteiger partial charge in [0.2, 0.25) is 0 Å². The molecular formula is C10H13BrN2O2. The Bertz CT molecular complexity index is 368. The molecular weight excluding hydrogens is 260 g/mol. The van der Waals surface area contributed by atoms with Gasteiger partial charge in [0.1, 0.15) is 5.75 Å². The maximum absolute atomic E-state index is 11.6. The largest absolute Gasteiger partial charge is 0.507 e. The molecule has 0 aliphatic rings. The minimum atomic E-state index is -0.240. The summed E-state index contributed by atoms with van der Waals surface area (Å²) < 4.78 is 0.561. The summed E-state index contributed by atoms with van der Waals surface area (Å²) in [7, 11) is 0. The quantitative estimate of drug-likeness (QED) is 0.775. The summed E-state index contributed by atoms with van der Waals surface area (Å²) in [5.41, 5.74) is 5.79. The van der Waals surface area contributed by atoms with Crippen molar-refractivity contribution < 1.29 is 9.90 Å². The molecule has 0 aliphatic carbocycles. The van der Waals surface area contributed by atoms with Crippen molar-refractivity contribution in [1.82, 2.24) is 5.32 Å². The van der Waals surface area contributed by atoms with E-state index in [4.69, 9.17) is 5.73 Å². The molecule has 4 N–H and O–H groups in total. The van der Waals surface area contributed by atoms with E-state index < -0.39 is 0 Å². The average Bonchev–Trinajstić information content (AvgIpc) is 2.21. The molecule has 0 aromatic heterocycles. The van der Waals surface area contributed by atoms with Crippen molar-refractivity contribution in [2.24, 2.45) is 5.73 Å². The summed E-state index contributed by atoms with van der Waals surface area (Å²) in [6, 6.07) is 4.57. The standard InChI is InChI=1S/C10H13BrN2O2/c1-6(5-12)13-10(15)7-2-3-8(11)9(14)4-7/h2-4,6,14H,5,12H2,1H3,(H,13,15). The second-order valence-corrected chi connectivity index (χ2v) is 4.13. The van der Waals surface area contributed by atoms with Crippen molar-refractivity contribution in [2.45, 2.75) is 13.0 Å². The van der Waals surface area contributed by atoms with Crippen molar-refractivity contribution in [3.8, 4) is 5.75 Å². The van der Waals surface area contributed by atoms with E-state index in [2.05, 4.69) is 21.2 Å². The molecule has 1 unspecified atom stereocenters. The highest BCUT2D eigenvalue weighted by Crippen LogP contribution is 2.24. The van der Waals surface area contributed by atoms with E-state index in [1.807, 2.05) is 6.92 Å². The fourth-order valence-corrected chi connectivity index (χ4v) is 1.27. The number of carbonyl (C=O) groups is 1. The molecule has 1 aromatic rings. The Hall–Kier alpha value is -1.07. The molecule has 0 saturated carbocycles. The molecule has 0 fully saturated rings. The minimum Gasteiger partial charge on any atom is -0.507 e. The third kappa shape index (κ3) is 3.21. The molecule has 0 aliphatic heterocycles. The average molecular weight is 273 g/mol. The third-order valence-electron chi connectivity index (χ3n) is 1.94. The van der Waals surface area contributed by atoms with Gasteiger partial charge < -0.3 is 16.2 Å². The van der Waals surface area contributed by atoms with Gasteiger partial charge >= 0.3 is 0 Å². The topological polar surface area (TPSA) is 75.3 Å². The first-order valence-corrected chi connectivity index (χ1v) is 5.33. The molecule has 15 heavy (non-hydrogen) atoms. The molecule has 1 rings (SSSR count). The van der Waals surface area contributed by atoms with Crippen LogP contribution in [0.2, 0.25) is 0 Å². The van der Waals surface area contributed by atoms with Gasteiger partial charge in [-0.05, 0) is 41.1 Å². The predicted molar refractivity (Wildman–Crippen MR) is 61.8 cm³/mol. The van der Waals surface area contributed by atoms with Gasteiger partial charge in [-0.25, -0.2) is 0 Å². The van der Waals surface area contributed by atoms with Crippen molar-refractivity contribution in [2.75, 3.05) is 6.54 Å². The number of nitrogens with two attached hydrogens (primary N) is 1. The fourth-order valence-electron chi connectivity index (χ4n) is 1.02. The van der Waals surface area contributed by atoms with E-state index >= 15 is 0 Å². The number of phenolic OH excluding ortho intramolecular Hbond substituents is 1. The van der Waals surface area contributed by atoms with Crippen LogP contribution in [0, 0.1) is 0 Å². The summed E-state index contributed by atoms with van der Waals surface area (Å²) in [6.45, 7) is 2.20. The molecule has 82 valence electrons. The second kappa shape index (κ2) is 5.14. The van der Waals surface area contributed by atoms with Crippen LogP contribution in [-0.4, -0.2) is 23.6 Å². The van der Waals surface area contributed by atoms with Crippen LogP contribution in [0.1, 0.15) is 17.3 Å². The summed E-state index contributed by atoms with van der Waals surface area (Å²) in [5, 5.41) is 12.1. The predicted octanol–water partition coefficient (Wildman–Crippen LogP) is 1.23. The number of hydrogen-bond acceptors (Lipinski definition) is 3. The molecule has 0 spiro atoms. The zero-order valence-corrected chi connectivity index (χ0v) is 9.91. The van der Waals surface area contributed by atoms with Gasteiger partial charge in [-0.15, -0.1) is 0 Å². The molecule has 0 saturated heterocycles. The normalized spacial score (nSPS) is 12.2. The molecule has 1 atom stereocenters. The summed E-state index contributed by atoms with van der Waals surface area (Å²) in [4.78, 5) is 11.6. The maximum atomic E-state index is 11.6. The fraction of sp³-hybridized carbons (Fsp3) is 0.300. The van der Waals surface area contributed by atoms with Crippen LogP contribution in [0.4, 0.5) is 0 Å². The number of nitrogens with one attached hydrogen (secondary N) is 1. The Morgan fingerprint density at radius 2 is 2.33 bits per heavy atom. The number of phenols is 1. The molecule has 1 aromatic carbocycles. The van der Waals surface area contributed by atoms with Crippen LogP contribution in [0.25, 0.3) is 0 Å². The van der Waals surface area contributed by atoms with Crippen molar-refractivity contribution in [3.63, 3.8) is 0 Å². The van der Waals surface area contributed by atoms with Crippen molar-refractivity contribution in [3.05, 3.63) is 28.2 Å². The van der Waals surface area contributed by atoms with Gasteiger partial charge in [-0.1, -0.05) is 0 Å². The molecule has 4 nitrogen and oxygen atoms in total. The number of carbonyl (C=O) groups excluding carboxylic acids is 1. The van der Waals surface area contributed by atoms with Gasteiger partial charge in [0, 0.05) is 18.2 Å². The Morgan fingerprint density at radius 1 is 1.67 bits per heavy atom. The summed E-state index contributed by atoms with van der Waals surface area (Å²) in [5.74, 6) is -0.196. The smallest absolute Gasteiger partial charge is 0.251 e. The van der Waals surface area contributed by atoms with E-state index in [1.165, 1.54) is 6.07 Å². The number of hydrogen-bond donors (Lipinski definition) is 3. The Morgan fingerprint density at radius 3 is 2.87 bits per heavy atom. The van der Waals surface area contributed by atoms with Gasteiger partial charge in [-0.2, -0.15) is 0 Å². The van der Waals surface area contributed by atoms with E-state index in [9.17, 15) is 9.90 Å². The first-order chi connectivity index (χ1) is 7.04. The van der Waals surface area contributed by atoms with Gasteiger partial charge in [-0.3, -0.25) is 4.79 Å². The molecule has 0 heterocycles. The van der Waals surface area contributed by atoms with Gasteiger partial charge in [0.25, 0.3) is 5.91 Å². The lowest BCUT2D eigenvalue weighted by Gasteiger charge is -2.11. The number of amides is 1. The highest BCUT2D eigenvalue weighted by Gasteiger charge is 2.10. The first-order valence-electron chi connectivity index (χ1n) is 4.54. The number of halogens is 1. The lowest BCUT2D eigenvalue weighted by molar-refractivity contribution is 0.0941. The molecule has 0 radical (unpaired) electrons. The van der Waals surface area contributed by atoms with Crippen molar-refractivity contribution >= 4 is 21.8 Å². The SMILES string of the molecule is CC(CN)NC(=O)c1ccc(Br)c(O)c1. The Labute approximate surface area is 96.6 Å². The number of benzene rings is 1. The third-order valence-corrected chi connectivity index (χ3v) is 2.61. The maximum Gasteiger partial charge on any atom is 0.251 e. The second-order valence-electron chi connectivity index (χ2n) is 3.28. The van der Waals surface area contributed by atoms with Crippen LogP contribution in [0.3, 0.4) is 0 Å². The number of aromatic hydroxyl groups is 1. The van der Waals surface area contributed by atoms with Crippen LogP contribution in [0.5, 0.6) is 5.75 Å². The van der Waals surface area contributed by atoms with E-state index in [-0.39, 0.29) is 17.7 Å². The zero-order valence-electron chi connectivity index (χ0n) is 8.33. The molecule has 5 heteroatoms. The van der Waals surface area contributed by atoms with Gasteiger partial charge in [0.15, 0.2) is 0 Å². The van der Waals surface area contributed by atoms with Gasteiger partial charge in [0.05, 0.1) is 4.47 Å². The van der Waals surface area contributed by atoms with Crippen LogP contribution in [0.15, 0.2) is 22.7 Å². The summed E-state index contributed by atoms with van der Waals surface area (Å²) in [6.07, 6.45) is 0. The number of rotatable bonds is 3. The summed E-state index contributed by atoms with van der Waals surface area (Å²) >= 11 is 3.14.